The fourth-order valence-electron chi connectivity index (χ4n) is 1.71. The van der Waals surface area contributed by atoms with Crippen molar-refractivity contribution in [3.63, 3.8) is 0 Å². The topological polar surface area (TPSA) is 127 Å². The van der Waals surface area contributed by atoms with Crippen LogP contribution in [0, 0.1) is 11.2 Å². The molecule has 112 valence electrons. The van der Waals surface area contributed by atoms with Gasteiger partial charge < -0.3 is 4.42 Å². The summed E-state index contributed by atoms with van der Waals surface area (Å²) in [7, 11) is 2.08. The first-order chi connectivity index (χ1) is 10.1. The van der Waals surface area contributed by atoms with Crippen LogP contribution in [0.4, 0.5) is 0 Å². The molecule has 0 aliphatic rings. The van der Waals surface area contributed by atoms with Crippen LogP contribution >= 0.6 is 0 Å². The van der Waals surface area contributed by atoms with Crippen molar-refractivity contribution in [2.75, 3.05) is 0 Å². The molecule has 1 aromatic heterocycles. The van der Waals surface area contributed by atoms with Gasteiger partial charge in [0.1, 0.15) is 0 Å². The Labute approximate surface area is 126 Å². The Morgan fingerprint density at radius 3 is 2.27 bits per heavy atom. The van der Waals surface area contributed by atoms with Gasteiger partial charge in [-0.25, -0.2) is 34.0 Å². The third kappa shape index (κ3) is 3.54. The van der Waals surface area contributed by atoms with E-state index in [1.807, 2.05) is 0 Å². The van der Waals surface area contributed by atoms with Crippen molar-refractivity contribution in [1.82, 2.24) is 9.05 Å². The lowest BCUT2D eigenvalue weighted by molar-refractivity contribution is 0.316. The summed E-state index contributed by atoms with van der Waals surface area (Å²) in [6, 6.07) is 0. The SMILES string of the molecule is CC(C)([B]n1c(=O)oc(=O)n(C(C)(C)[B]C#N)c1=O)N=C=O. The van der Waals surface area contributed by atoms with Gasteiger partial charge in [-0.1, -0.05) is 0 Å². The Hall–Kier alpha value is -2.59. The second kappa shape index (κ2) is 6.03. The van der Waals surface area contributed by atoms with Gasteiger partial charge in [0.25, 0.3) is 14.7 Å². The number of nitrogens with zero attached hydrogens (tertiary/aromatic N) is 4. The lowest BCUT2D eigenvalue weighted by Gasteiger charge is -2.23. The molecule has 0 aliphatic heterocycles. The van der Waals surface area contributed by atoms with E-state index in [2.05, 4.69) is 9.41 Å². The van der Waals surface area contributed by atoms with Gasteiger partial charge in [0.05, 0.1) is 5.44 Å². The molecule has 0 unspecified atom stereocenters. The maximum absolute atomic E-state index is 12.4. The number of hydrogen-bond donors (Lipinski definition) is 0. The number of aromatic nitrogens is 2. The Kier molecular flexibility index (Phi) is 4.79. The minimum Gasteiger partial charge on any atom is -0.359 e. The Balaban J connectivity index is 3.62. The van der Waals surface area contributed by atoms with Gasteiger partial charge in [-0.3, -0.25) is 4.48 Å². The third-order valence-electron chi connectivity index (χ3n) is 2.72. The summed E-state index contributed by atoms with van der Waals surface area (Å²) in [4.78, 5) is 49.7. The van der Waals surface area contributed by atoms with Crippen LogP contribution in [0.15, 0.2) is 23.8 Å². The molecule has 0 fully saturated rings. The fourth-order valence-corrected chi connectivity index (χ4v) is 1.71. The Bertz CT molecular complexity index is 836. The predicted molar refractivity (Wildman–Crippen MR) is 77.5 cm³/mol. The largest absolute Gasteiger partial charge is 0.426 e. The molecular formula is C11H12B2N4O5. The van der Waals surface area contributed by atoms with Crippen molar-refractivity contribution >= 4 is 20.8 Å². The molecule has 1 rings (SSSR count). The first-order valence-electron chi connectivity index (χ1n) is 6.14. The highest BCUT2D eigenvalue weighted by Gasteiger charge is 2.31. The average Bonchev–Trinajstić information content (AvgIpc) is 2.33. The van der Waals surface area contributed by atoms with E-state index in [0.29, 0.717) is 9.05 Å². The van der Waals surface area contributed by atoms with Gasteiger partial charge >= 0.3 is 17.2 Å². The molecule has 11 heteroatoms. The van der Waals surface area contributed by atoms with E-state index in [4.69, 9.17) is 5.26 Å². The molecule has 0 aromatic carbocycles. The van der Waals surface area contributed by atoms with E-state index in [1.165, 1.54) is 33.8 Å². The van der Waals surface area contributed by atoms with Crippen LogP contribution in [-0.2, 0) is 10.2 Å². The van der Waals surface area contributed by atoms with Gasteiger partial charge in [0.15, 0.2) is 0 Å². The zero-order valence-corrected chi connectivity index (χ0v) is 12.5. The summed E-state index contributed by atoms with van der Waals surface area (Å²) in [5.74, 6) is -0.671. The van der Waals surface area contributed by atoms with Gasteiger partial charge in [-0.2, -0.15) is 0 Å². The molecule has 0 bridgehead atoms. The van der Waals surface area contributed by atoms with Crippen LogP contribution in [0.5, 0.6) is 0 Å². The van der Waals surface area contributed by atoms with E-state index in [0.717, 1.165) is 14.7 Å². The number of nitriles is 1. The van der Waals surface area contributed by atoms with Crippen LogP contribution in [0.25, 0.3) is 0 Å². The van der Waals surface area contributed by atoms with E-state index in [9.17, 15) is 19.2 Å². The van der Waals surface area contributed by atoms with Crippen molar-refractivity contribution in [2.45, 2.75) is 38.6 Å². The van der Waals surface area contributed by atoms with Crippen molar-refractivity contribution in [3.8, 4) is 5.97 Å². The van der Waals surface area contributed by atoms with Crippen molar-refractivity contribution in [1.29, 1.82) is 5.26 Å². The van der Waals surface area contributed by atoms with Crippen molar-refractivity contribution in [2.24, 2.45) is 4.99 Å². The van der Waals surface area contributed by atoms with Crippen LogP contribution in [0.2, 0.25) is 0 Å². The highest BCUT2D eigenvalue weighted by Crippen LogP contribution is 2.07. The Morgan fingerprint density at radius 2 is 1.77 bits per heavy atom. The molecule has 9 nitrogen and oxygen atoms in total. The minimum absolute atomic E-state index is 0.523. The molecule has 0 aliphatic carbocycles. The summed E-state index contributed by atoms with van der Waals surface area (Å²) < 4.78 is 5.63. The number of carbonyl (C=O) groups excluding carboxylic acids is 1. The predicted octanol–water partition coefficient (Wildman–Crippen LogP) is -1.62. The molecule has 0 saturated carbocycles. The molecular weight excluding hydrogens is 290 g/mol. The number of hydrogen-bond acceptors (Lipinski definition) is 7. The van der Waals surface area contributed by atoms with E-state index >= 15 is 0 Å². The minimum atomic E-state index is -1.30. The van der Waals surface area contributed by atoms with E-state index in [-0.39, 0.29) is 0 Å². The van der Waals surface area contributed by atoms with Gasteiger partial charge in [-0.05, 0) is 33.7 Å². The van der Waals surface area contributed by atoms with Crippen molar-refractivity contribution in [3.05, 3.63) is 31.6 Å². The summed E-state index contributed by atoms with van der Waals surface area (Å²) in [6.45, 7) is 5.76. The third-order valence-corrected chi connectivity index (χ3v) is 2.72. The van der Waals surface area contributed by atoms with E-state index < -0.39 is 28.1 Å². The quantitative estimate of drug-likeness (QED) is 0.365. The Morgan fingerprint density at radius 1 is 1.18 bits per heavy atom. The molecule has 1 aromatic rings. The van der Waals surface area contributed by atoms with Crippen molar-refractivity contribution < 1.29 is 9.21 Å². The first kappa shape index (κ1) is 17.5. The second-order valence-corrected chi connectivity index (χ2v) is 5.53. The molecule has 2 radical (unpaired) electrons. The number of isocyanates is 1. The molecule has 0 spiro atoms. The summed E-state index contributed by atoms with van der Waals surface area (Å²) in [5.41, 5.74) is -3.52. The average molecular weight is 302 g/mol. The molecule has 0 N–H and O–H groups in total. The van der Waals surface area contributed by atoms with Gasteiger partial charge in [-0.15, -0.1) is 0 Å². The zero-order chi connectivity index (χ0) is 17.1. The summed E-state index contributed by atoms with van der Waals surface area (Å²) in [5, 5.41) is 8.74. The highest BCUT2D eigenvalue weighted by atomic mass is 16.5. The van der Waals surface area contributed by atoms with Crippen LogP contribution in [0.1, 0.15) is 27.7 Å². The lowest BCUT2D eigenvalue weighted by Crippen LogP contribution is -2.57. The van der Waals surface area contributed by atoms with E-state index in [1.54, 1.807) is 5.97 Å². The highest BCUT2D eigenvalue weighted by molar-refractivity contribution is 6.47. The molecule has 0 saturated heterocycles. The fraction of sp³-hybridized carbons (Fsp3) is 0.545. The van der Waals surface area contributed by atoms with Crippen LogP contribution < -0.4 is 17.2 Å². The number of rotatable bonds is 5. The summed E-state index contributed by atoms with van der Waals surface area (Å²) in [6.07, 6.45) is 1.32. The standard InChI is InChI=1S/C11H12B2N4O5/c1-10(2,15-6-18)13-17-7(19)16(8(20)22-9(17)21)11(3,4)12-5-14/h1-4H3. The van der Waals surface area contributed by atoms with Gasteiger partial charge in [0.2, 0.25) is 6.08 Å². The molecule has 1 heterocycles. The van der Waals surface area contributed by atoms with Crippen LogP contribution in [-0.4, -0.2) is 35.3 Å². The smallest absolute Gasteiger partial charge is 0.359 e. The maximum atomic E-state index is 12.4. The van der Waals surface area contributed by atoms with Gasteiger partial charge in [0, 0.05) is 5.44 Å². The first-order valence-corrected chi connectivity index (χ1v) is 6.14. The summed E-state index contributed by atoms with van der Waals surface area (Å²) >= 11 is 0. The second-order valence-electron chi connectivity index (χ2n) is 5.53. The maximum Gasteiger partial charge on any atom is 0.426 e. The van der Waals surface area contributed by atoms with Crippen LogP contribution in [0.3, 0.4) is 0 Å². The monoisotopic (exact) mass is 302 g/mol. The number of aliphatic imine (C=N–C) groups is 1. The molecule has 0 atom stereocenters. The zero-order valence-electron chi connectivity index (χ0n) is 12.5. The lowest BCUT2D eigenvalue weighted by atomic mass is 9.61. The molecule has 22 heavy (non-hydrogen) atoms. The molecule has 0 amide bonds. The normalized spacial score (nSPS) is 11.2.